The Balaban J connectivity index is 1.44. The summed E-state index contributed by atoms with van der Waals surface area (Å²) in [5.41, 5.74) is 2.10. The van der Waals surface area contributed by atoms with Gasteiger partial charge >= 0.3 is 5.97 Å². The fraction of sp³-hybridized carbons (Fsp3) is 0.500. The van der Waals surface area contributed by atoms with Crippen molar-refractivity contribution in [3.63, 3.8) is 0 Å². The first-order valence-electron chi connectivity index (χ1n) is 9.73. The van der Waals surface area contributed by atoms with Crippen molar-refractivity contribution in [1.29, 1.82) is 0 Å². The lowest BCUT2D eigenvalue weighted by Crippen LogP contribution is -2.52. The van der Waals surface area contributed by atoms with Gasteiger partial charge in [0.1, 0.15) is 11.2 Å². The SMILES string of the molecule is Cc1[nH]c(-c2ccccc2)c(O)c1C(=O)OC12CC3CC(CC(C3)C1)C2. The van der Waals surface area contributed by atoms with E-state index in [1.54, 1.807) is 0 Å². The predicted molar refractivity (Wildman–Crippen MR) is 98.9 cm³/mol. The molecule has 1 aromatic carbocycles. The monoisotopic (exact) mass is 351 g/mol. The van der Waals surface area contributed by atoms with Gasteiger partial charge in [0.15, 0.2) is 5.75 Å². The molecule has 0 radical (unpaired) electrons. The number of carbonyl (C=O) groups is 1. The molecule has 26 heavy (non-hydrogen) atoms. The first kappa shape index (κ1) is 16.0. The largest absolute Gasteiger partial charge is 0.505 e. The third-order valence-corrected chi connectivity index (χ3v) is 6.72. The molecule has 2 aromatic rings. The lowest BCUT2D eigenvalue weighted by atomic mass is 9.54. The fourth-order valence-corrected chi connectivity index (χ4v) is 6.08. The summed E-state index contributed by atoms with van der Waals surface area (Å²) < 4.78 is 6.13. The molecule has 2 N–H and O–H groups in total. The van der Waals surface area contributed by atoms with Crippen molar-refractivity contribution in [3.8, 4) is 17.0 Å². The quantitative estimate of drug-likeness (QED) is 0.779. The van der Waals surface area contributed by atoms with Crippen LogP contribution in [-0.4, -0.2) is 21.7 Å². The molecule has 0 amide bonds. The van der Waals surface area contributed by atoms with Crippen LogP contribution in [0.2, 0.25) is 0 Å². The van der Waals surface area contributed by atoms with Crippen molar-refractivity contribution >= 4 is 5.97 Å². The first-order chi connectivity index (χ1) is 12.5. The molecule has 4 heteroatoms. The van der Waals surface area contributed by atoms with Gasteiger partial charge in [-0.15, -0.1) is 0 Å². The van der Waals surface area contributed by atoms with Gasteiger partial charge in [-0.2, -0.15) is 0 Å². The molecule has 0 atom stereocenters. The molecule has 4 fully saturated rings. The molecule has 0 aliphatic heterocycles. The van der Waals surface area contributed by atoms with E-state index < -0.39 is 0 Å². The summed E-state index contributed by atoms with van der Waals surface area (Å²) in [6.07, 6.45) is 6.93. The van der Waals surface area contributed by atoms with Crippen LogP contribution in [0.25, 0.3) is 11.3 Å². The smallest absolute Gasteiger partial charge is 0.344 e. The highest BCUT2D eigenvalue weighted by Crippen LogP contribution is 2.57. The van der Waals surface area contributed by atoms with E-state index in [2.05, 4.69) is 4.98 Å². The van der Waals surface area contributed by atoms with E-state index in [-0.39, 0.29) is 17.3 Å². The van der Waals surface area contributed by atoms with Gasteiger partial charge in [-0.25, -0.2) is 4.79 Å². The summed E-state index contributed by atoms with van der Waals surface area (Å²) in [6.45, 7) is 1.82. The average Bonchev–Trinajstić information content (AvgIpc) is 2.88. The van der Waals surface area contributed by atoms with E-state index in [1.165, 1.54) is 19.3 Å². The normalized spacial score (nSPS) is 32.0. The number of hydrogen-bond acceptors (Lipinski definition) is 3. The Hall–Kier alpha value is -2.23. The molecule has 1 aromatic heterocycles. The van der Waals surface area contributed by atoms with E-state index in [9.17, 15) is 9.90 Å². The van der Waals surface area contributed by atoms with Gasteiger partial charge in [-0.05, 0) is 63.2 Å². The highest BCUT2D eigenvalue weighted by Gasteiger charge is 2.53. The Morgan fingerprint density at radius 1 is 1.08 bits per heavy atom. The molecule has 1 heterocycles. The lowest BCUT2D eigenvalue weighted by molar-refractivity contribution is -0.131. The number of ether oxygens (including phenoxy) is 1. The number of rotatable bonds is 3. The van der Waals surface area contributed by atoms with E-state index in [1.807, 2.05) is 37.3 Å². The average molecular weight is 351 g/mol. The summed E-state index contributed by atoms with van der Waals surface area (Å²) in [5.74, 6) is 1.78. The Kier molecular flexibility index (Phi) is 3.46. The Labute approximate surface area is 153 Å². The zero-order valence-corrected chi connectivity index (χ0v) is 15.1. The standard InChI is InChI=1S/C22H25NO3/c1-13-18(20(24)19(23-13)17-5-3-2-4-6-17)21(25)26-22-10-14-7-15(11-22)9-16(8-14)12-22/h2-6,14-16,23-24H,7-12H2,1H3. The van der Waals surface area contributed by atoms with Crippen molar-refractivity contribution in [2.24, 2.45) is 17.8 Å². The molecular weight excluding hydrogens is 326 g/mol. The summed E-state index contributed by atoms with van der Waals surface area (Å²) in [7, 11) is 0. The summed E-state index contributed by atoms with van der Waals surface area (Å²) in [4.78, 5) is 16.2. The maximum absolute atomic E-state index is 13.0. The molecule has 4 aliphatic rings. The summed E-state index contributed by atoms with van der Waals surface area (Å²) in [6, 6.07) is 9.59. The van der Waals surface area contributed by atoms with Gasteiger partial charge in [-0.3, -0.25) is 0 Å². The minimum absolute atomic E-state index is 0.00317. The van der Waals surface area contributed by atoms with Crippen LogP contribution in [0.5, 0.6) is 5.75 Å². The van der Waals surface area contributed by atoms with Crippen LogP contribution in [0.3, 0.4) is 0 Å². The number of hydrogen-bond donors (Lipinski definition) is 2. The van der Waals surface area contributed by atoms with Crippen LogP contribution in [-0.2, 0) is 4.74 Å². The molecule has 6 rings (SSSR count). The maximum atomic E-state index is 13.0. The number of carbonyl (C=O) groups excluding carboxylic acids is 1. The van der Waals surface area contributed by atoms with E-state index in [0.717, 1.165) is 42.6 Å². The highest BCUT2D eigenvalue weighted by atomic mass is 16.6. The van der Waals surface area contributed by atoms with Crippen LogP contribution in [0.4, 0.5) is 0 Å². The number of nitrogens with one attached hydrogen (secondary N) is 1. The van der Waals surface area contributed by atoms with Crippen molar-refractivity contribution in [2.75, 3.05) is 0 Å². The van der Waals surface area contributed by atoms with Crippen LogP contribution in [0.15, 0.2) is 30.3 Å². The van der Waals surface area contributed by atoms with Gasteiger partial charge < -0.3 is 14.8 Å². The van der Waals surface area contributed by atoms with Crippen LogP contribution < -0.4 is 0 Å². The second kappa shape index (κ2) is 5.63. The third kappa shape index (κ3) is 2.46. The molecule has 4 nitrogen and oxygen atoms in total. The minimum atomic E-state index is -0.375. The van der Waals surface area contributed by atoms with Crippen molar-refractivity contribution in [1.82, 2.24) is 4.98 Å². The van der Waals surface area contributed by atoms with Gasteiger partial charge in [0.25, 0.3) is 0 Å². The first-order valence-corrected chi connectivity index (χ1v) is 9.73. The minimum Gasteiger partial charge on any atom is -0.505 e. The van der Waals surface area contributed by atoms with Gasteiger partial charge in [0.2, 0.25) is 0 Å². The summed E-state index contributed by atoms with van der Waals surface area (Å²) in [5, 5.41) is 10.7. The number of H-pyrrole nitrogens is 1. The van der Waals surface area contributed by atoms with Crippen molar-refractivity contribution in [2.45, 2.75) is 51.0 Å². The molecule has 4 bridgehead atoms. The zero-order valence-electron chi connectivity index (χ0n) is 15.1. The van der Waals surface area contributed by atoms with Gasteiger partial charge in [-0.1, -0.05) is 30.3 Å². The van der Waals surface area contributed by atoms with Crippen LogP contribution >= 0.6 is 0 Å². The second-order valence-corrected chi connectivity index (χ2v) is 8.70. The third-order valence-electron chi connectivity index (χ3n) is 6.72. The molecular formula is C22H25NO3. The Morgan fingerprint density at radius 3 is 2.23 bits per heavy atom. The van der Waals surface area contributed by atoms with Gasteiger partial charge in [0.05, 0.1) is 5.69 Å². The zero-order chi connectivity index (χ0) is 17.9. The van der Waals surface area contributed by atoms with E-state index in [4.69, 9.17) is 4.74 Å². The molecule has 4 saturated carbocycles. The van der Waals surface area contributed by atoms with Crippen LogP contribution in [0, 0.1) is 24.7 Å². The van der Waals surface area contributed by atoms with Crippen molar-refractivity contribution in [3.05, 3.63) is 41.6 Å². The Morgan fingerprint density at radius 2 is 1.65 bits per heavy atom. The van der Waals surface area contributed by atoms with E-state index >= 15 is 0 Å². The number of benzene rings is 1. The predicted octanol–water partition coefficient (Wildman–Crippen LogP) is 4.82. The molecule has 136 valence electrons. The van der Waals surface area contributed by atoms with Crippen LogP contribution in [0.1, 0.15) is 54.6 Å². The number of aromatic nitrogens is 1. The molecule has 4 aliphatic carbocycles. The number of aromatic hydroxyl groups is 1. The topological polar surface area (TPSA) is 62.3 Å². The lowest BCUT2D eigenvalue weighted by Gasteiger charge is -2.55. The molecule has 0 unspecified atom stereocenters. The highest BCUT2D eigenvalue weighted by molar-refractivity contribution is 5.97. The van der Waals surface area contributed by atoms with Crippen molar-refractivity contribution < 1.29 is 14.6 Å². The number of aromatic amines is 1. The summed E-state index contributed by atoms with van der Waals surface area (Å²) >= 11 is 0. The molecule has 0 saturated heterocycles. The number of esters is 1. The number of aryl methyl sites for hydroxylation is 1. The second-order valence-electron chi connectivity index (χ2n) is 8.70. The maximum Gasteiger partial charge on any atom is 0.344 e. The fourth-order valence-electron chi connectivity index (χ4n) is 6.08. The van der Waals surface area contributed by atoms with Gasteiger partial charge in [0, 0.05) is 11.3 Å². The Bertz CT molecular complexity index is 816. The molecule has 0 spiro atoms. The van der Waals surface area contributed by atoms with E-state index in [0.29, 0.717) is 17.0 Å².